The van der Waals surface area contributed by atoms with Gasteiger partial charge in [0.25, 0.3) is 0 Å². The fraction of sp³-hybridized carbons (Fsp3) is 0.786. The fourth-order valence-electron chi connectivity index (χ4n) is 2.57. The quantitative estimate of drug-likeness (QED) is 0.871. The monoisotopic (exact) mass is 250 g/mol. The highest BCUT2D eigenvalue weighted by atomic mass is 15.3. The average molecular weight is 250 g/mol. The second-order valence-corrected chi connectivity index (χ2v) is 5.28. The summed E-state index contributed by atoms with van der Waals surface area (Å²) in [5.74, 6) is 1.13. The first-order chi connectivity index (χ1) is 8.74. The molecular formula is C14H26N4. The summed E-state index contributed by atoms with van der Waals surface area (Å²) in [4.78, 5) is 7.14. The third-order valence-electron chi connectivity index (χ3n) is 3.66. The Morgan fingerprint density at radius 1 is 1.44 bits per heavy atom. The molecule has 2 rings (SSSR count). The maximum atomic E-state index is 6.07. The number of unbranched alkanes of at least 4 members (excludes halogenated alkanes) is 1. The molecule has 1 aliphatic rings. The molecule has 0 aromatic carbocycles. The maximum absolute atomic E-state index is 6.07. The summed E-state index contributed by atoms with van der Waals surface area (Å²) >= 11 is 0. The van der Waals surface area contributed by atoms with Gasteiger partial charge in [0, 0.05) is 31.9 Å². The second kappa shape index (κ2) is 6.23. The predicted molar refractivity (Wildman–Crippen MR) is 75.9 cm³/mol. The Labute approximate surface area is 110 Å². The van der Waals surface area contributed by atoms with E-state index in [1.165, 1.54) is 25.0 Å². The summed E-state index contributed by atoms with van der Waals surface area (Å²) in [6.07, 6.45) is 7.98. The average Bonchev–Trinajstić information content (AvgIpc) is 2.79. The maximum Gasteiger partial charge on any atom is 0.205 e. The predicted octanol–water partition coefficient (Wildman–Crippen LogP) is 2.17. The Bertz CT molecular complexity index is 372. The molecule has 4 nitrogen and oxygen atoms in total. The van der Waals surface area contributed by atoms with Gasteiger partial charge in [0.15, 0.2) is 0 Å². The highest BCUT2D eigenvalue weighted by molar-refractivity contribution is 5.34. The Balaban J connectivity index is 2.15. The number of hydrogen-bond donors (Lipinski definition) is 1. The van der Waals surface area contributed by atoms with Gasteiger partial charge in [0.2, 0.25) is 5.95 Å². The third-order valence-corrected chi connectivity index (χ3v) is 3.66. The molecule has 1 saturated heterocycles. The van der Waals surface area contributed by atoms with Gasteiger partial charge in [-0.25, -0.2) is 4.98 Å². The van der Waals surface area contributed by atoms with Gasteiger partial charge in [0.1, 0.15) is 0 Å². The van der Waals surface area contributed by atoms with Gasteiger partial charge in [-0.1, -0.05) is 20.3 Å². The highest BCUT2D eigenvalue weighted by Gasteiger charge is 2.21. The van der Waals surface area contributed by atoms with Gasteiger partial charge in [-0.3, -0.25) is 0 Å². The smallest absolute Gasteiger partial charge is 0.205 e. The summed E-state index contributed by atoms with van der Waals surface area (Å²) in [6.45, 7) is 7.52. The number of aromatic nitrogens is 2. The van der Waals surface area contributed by atoms with Crippen LogP contribution in [0.4, 0.5) is 5.95 Å². The van der Waals surface area contributed by atoms with Crippen molar-refractivity contribution in [2.75, 3.05) is 18.0 Å². The van der Waals surface area contributed by atoms with E-state index in [-0.39, 0.29) is 0 Å². The van der Waals surface area contributed by atoms with Crippen LogP contribution in [-0.4, -0.2) is 28.7 Å². The molecule has 0 radical (unpaired) electrons. The zero-order chi connectivity index (χ0) is 13.0. The normalized spacial score (nSPS) is 20.4. The lowest BCUT2D eigenvalue weighted by atomic mass is 10.1. The molecule has 0 bridgehead atoms. The summed E-state index contributed by atoms with van der Waals surface area (Å²) < 4.78 is 2.32. The number of nitrogens with zero attached hydrogens (tertiary/aromatic N) is 3. The van der Waals surface area contributed by atoms with Crippen LogP contribution in [0.15, 0.2) is 6.20 Å². The molecule has 102 valence electrons. The molecule has 4 heteroatoms. The standard InChI is InChI=1S/C14H26N4/c1-3-5-8-18-11-13(4-2)16-14(18)17-9-6-7-12(15)10-17/h11-12H,3-10,15H2,1-2H3. The lowest BCUT2D eigenvalue weighted by Gasteiger charge is -2.31. The van der Waals surface area contributed by atoms with Gasteiger partial charge >= 0.3 is 0 Å². The van der Waals surface area contributed by atoms with Crippen molar-refractivity contribution in [1.29, 1.82) is 0 Å². The second-order valence-electron chi connectivity index (χ2n) is 5.28. The van der Waals surface area contributed by atoms with Gasteiger partial charge in [-0.05, 0) is 25.7 Å². The van der Waals surface area contributed by atoms with Crippen molar-refractivity contribution in [3.05, 3.63) is 11.9 Å². The molecule has 1 atom stereocenters. The number of piperidine rings is 1. The van der Waals surface area contributed by atoms with E-state index in [4.69, 9.17) is 10.7 Å². The first-order valence-corrected chi connectivity index (χ1v) is 7.31. The topological polar surface area (TPSA) is 47.1 Å². The van der Waals surface area contributed by atoms with Crippen molar-refractivity contribution in [2.24, 2.45) is 5.73 Å². The van der Waals surface area contributed by atoms with Crippen LogP contribution < -0.4 is 10.6 Å². The van der Waals surface area contributed by atoms with E-state index in [9.17, 15) is 0 Å². The number of imidazole rings is 1. The Morgan fingerprint density at radius 3 is 2.94 bits per heavy atom. The van der Waals surface area contributed by atoms with E-state index in [2.05, 4.69) is 29.5 Å². The molecule has 0 saturated carbocycles. The lowest BCUT2D eigenvalue weighted by molar-refractivity contribution is 0.490. The molecule has 18 heavy (non-hydrogen) atoms. The van der Waals surface area contributed by atoms with Gasteiger partial charge in [-0.15, -0.1) is 0 Å². The fourth-order valence-corrected chi connectivity index (χ4v) is 2.57. The van der Waals surface area contributed by atoms with Crippen LogP contribution in [0, 0.1) is 0 Å². The van der Waals surface area contributed by atoms with Crippen LogP contribution in [0.5, 0.6) is 0 Å². The van der Waals surface area contributed by atoms with Crippen LogP contribution >= 0.6 is 0 Å². The molecule has 1 aromatic rings. The molecule has 0 aliphatic carbocycles. The van der Waals surface area contributed by atoms with Crippen molar-refractivity contribution >= 4 is 5.95 Å². The van der Waals surface area contributed by atoms with E-state index >= 15 is 0 Å². The van der Waals surface area contributed by atoms with Crippen LogP contribution in [0.2, 0.25) is 0 Å². The van der Waals surface area contributed by atoms with Crippen LogP contribution in [0.3, 0.4) is 0 Å². The van der Waals surface area contributed by atoms with Gasteiger partial charge in [-0.2, -0.15) is 0 Å². The SMILES string of the molecule is CCCCn1cc(CC)nc1N1CCCC(N)C1. The van der Waals surface area contributed by atoms with Crippen LogP contribution in [-0.2, 0) is 13.0 Å². The Hall–Kier alpha value is -1.03. The summed E-state index contributed by atoms with van der Waals surface area (Å²) in [5, 5.41) is 0. The van der Waals surface area contributed by atoms with Crippen molar-refractivity contribution in [1.82, 2.24) is 9.55 Å². The molecule has 2 heterocycles. The van der Waals surface area contributed by atoms with E-state index in [1.54, 1.807) is 0 Å². The number of rotatable bonds is 5. The van der Waals surface area contributed by atoms with E-state index in [0.717, 1.165) is 38.4 Å². The van der Waals surface area contributed by atoms with Crippen molar-refractivity contribution in [3.8, 4) is 0 Å². The third kappa shape index (κ3) is 3.05. The van der Waals surface area contributed by atoms with Crippen molar-refractivity contribution in [3.63, 3.8) is 0 Å². The highest BCUT2D eigenvalue weighted by Crippen LogP contribution is 2.20. The minimum absolute atomic E-state index is 0.306. The molecule has 1 unspecified atom stereocenters. The number of anilines is 1. The molecule has 2 N–H and O–H groups in total. The Kier molecular flexibility index (Phi) is 4.64. The number of aryl methyl sites for hydroxylation is 2. The molecule has 1 aliphatic heterocycles. The van der Waals surface area contributed by atoms with E-state index in [0.29, 0.717) is 6.04 Å². The summed E-state index contributed by atoms with van der Waals surface area (Å²) in [5.41, 5.74) is 7.27. The minimum atomic E-state index is 0.306. The molecule has 1 fully saturated rings. The molecule has 0 amide bonds. The Morgan fingerprint density at radius 2 is 2.28 bits per heavy atom. The molecule has 1 aromatic heterocycles. The zero-order valence-corrected chi connectivity index (χ0v) is 11.7. The first-order valence-electron chi connectivity index (χ1n) is 7.31. The van der Waals surface area contributed by atoms with E-state index in [1.807, 2.05) is 0 Å². The number of hydrogen-bond acceptors (Lipinski definition) is 3. The molecule has 0 spiro atoms. The molecular weight excluding hydrogens is 224 g/mol. The minimum Gasteiger partial charge on any atom is -0.341 e. The van der Waals surface area contributed by atoms with Crippen molar-refractivity contribution < 1.29 is 0 Å². The van der Waals surface area contributed by atoms with Gasteiger partial charge in [0.05, 0.1) is 5.69 Å². The van der Waals surface area contributed by atoms with Crippen LogP contribution in [0.25, 0.3) is 0 Å². The van der Waals surface area contributed by atoms with Crippen molar-refractivity contribution in [2.45, 2.75) is 58.5 Å². The first kappa shape index (κ1) is 13.4. The largest absolute Gasteiger partial charge is 0.341 e. The lowest BCUT2D eigenvalue weighted by Crippen LogP contribution is -2.44. The van der Waals surface area contributed by atoms with Crippen LogP contribution in [0.1, 0.15) is 45.2 Å². The number of nitrogens with two attached hydrogens (primary N) is 1. The van der Waals surface area contributed by atoms with E-state index < -0.39 is 0 Å². The van der Waals surface area contributed by atoms with Gasteiger partial charge < -0.3 is 15.2 Å². The zero-order valence-electron chi connectivity index (χ0n) is 11.7. The summed E-state index contributed by atoms with van der Waals surface area (Å²) in [7, 11) is 0. The summed E-state index contributed by atoms with van der Waals surface area (Å²) in [6, 6.07) is 0.306.